The van der Waals surface area contributed by atoms with Crippen LogP contribution in [-0.2, 0) is 11.3 Å². The van der Waals surface area contributed by atoms with Crippen LogP contribution in [0.4, 0.5) is 35.4 Å². The first-order chi connectivity index (χ1) is 12.8. The van der Waals surface area contributed by atoms with E-state index >= 15 is 0 Å². The minimum atomic E-state index is -4.87. The maximum atomic E-state index is 12.5. The summed E-state index contributed by atoms with van der Waals surface area (Å²) in [5, 5.41) is 15.6. The Morgan fingerprint density at radius 2 is 2.15 bits per heavy atom. The molecule has 11 heteroatoms. The first-order valence-corrected chi connectivity index (χ1v) is 9.25. The summed E-state index contributed by atoms with van der Waals surface area (Å²) < 4.78 is 37.4. The van der Waals surface area contributed by atoms with Crippen molar-refractivity contribution < 1.29 is 18.0 Å². The van der Waals surface area contributed by atoms with Gasteiger partial charge in [-0.25, -0.2) is 0 Å². The summed E-state index contributed by atoms with van der Waals surface area (Å²) in [6.07, 6.45) is -3.10. The third-order valence-electron chi connectivity index (χ3n) is 3.82. The zero-order chi connectivity index (χ0) is 19.4. The van der Waals surface area contributed by atoms with Gasteiger partial charge < -0.3 is 15.2 Å². The van der Waals surface area contributed by atoms with Gasteiger partial charge in [0.05, 0.1) is 5.69 Å². The molecule has 0 aliphatic carbocycles. The van der Waals surface area contributed by atoms with E-state index in [0.717, 1.165) is 37.2 Å². The zero-order valence-electron chi connectivity index (χ0n) is 14.8. The topological polar surface area (TPSA) is 77.1 Å². The number of aromatic nitrogens is 2. The zero-order valence-corrected chi connectivity index (χ0v) is 15.6. The second-order valence-corrected chi connectivity index (χ2v) is 7.27. The highest BCUT2D eigenvalue weighted by atomic mass is 32.1. The molecule has 2 heterocycles. The van der Waals surface area contributed by atoms with E-state index in [1.807, 2.05) is 0 Å². The number of alkyl halides is 3. The molecule has 0 saturated heterocycles. The molecule has 2 aromatic rings. The number of benzene rings is 1. The lowest BCUT2D eigenvalue weighted by Gasteiger charge is -2.35. The van der Waals surface area contributed by atoms with Gasteiger partial charge in [-0.2, -0.15) is 0 Å². The van der Waals surface area contributed by atoms with E-state index in [2.05, 4.69) is 49.5 Å². The molecule has 3 rings (SSSR count). The van der Waals surface area contributed by atoms with Crippen molar-refractivity contribution in [1.29, 1.82) is 0 Å². The van der Waals surface area contributed by atoms with E-state index < -0.39 is 6.36 Å². The molecule has 7 nitrogen and oxygen atoms in total. The van der Waals surface area contributed by atoms with Gasteiger partial charge in [0, 0.05) is 18.8 Å². The Balaban J connectivity index is 1.95. The number of halogens is 3. The lowest BCUT2D eigenvalue weighted by molar-refractivity contribution is -0.303. The van der Waals surface area contributed by atoms with Crippen molar-refractivity contribution in [3.63, 3.8) is 0 Å². The first-order valence-electron chi connectivity index (χ1n) is 8.37. The van der Waals surface area contributed by atoms with Crippen molar-refractivity contribution in [3.05, 3.63) is 28.7 Å². The standard InChI is InChI=1S/C16H18F3N6OS/c1-10(2)8-25-5-3-4-11-6-12(21-23-15-22-20-9-27-15)13(7-14(11)25)24-26-16(17,18)19/h6-7,9-10H,3-5,8H2,1-2H3/q-1. The quantitative estimate of drug-likeness (QED) is 0.453. The largest absolute Gasteiger partial charge is 0.553 e. The van der Waals surface area contributed by atoms with Gasteiger partial charge in [0.1, 0.15) is 5.51 Å². The van der Waals surface area contributed by atoms with Crippen LogP contribution >= 0.6 is 11.3 Å². The van der Waals surface area contributed by atoms with Crippen LogP contribution in [0.5, 0.6) is 0 Å². The molecule has 0 N–H and O–H groups in total. The van der Waals surface area contributed by atoms with E-state index in [4.69, 9.17) is 0 Å². The van der Waals surface area contributed by atoms with Gasteiger partial charge in [0.15, 0.2) is 0 Å². The van der Waals surface area contributed by atoms with Crippen LogP contribution in [0.1, 0.15) is 25.8 Å². The number of hydrogen-bond donors (Lipinski definition) is 0. The van der Waals surface area contributed by atoms with Crippen molar-refractivity contribution in [2.45, 2.75) is 33.1 Å². The van der Waals surface area contributed by atoms with Gasteiger partial charge in [0.25, 0.3) is 5.13 Å². The summed E-state index contributed by atoms with van der Waals surface area (Å²) >= 11 is 1.17. The summed E-state index contributed by atoms with van der Waals surface area (Å²) in [4.78, 5) is 5.83. The Morgan fingerprint density at radius 3 is 2.81 bits per heavy atom. The normalized spacial score (nSPS) is 14.8. The molecule has 0 saturated carbocycles. The van der Waals surface area contributed by atoms with Crippen molar-refractivity contribution in [1.82, 2.24) is 10.2 Å². The van der Waals surface area contributed by atoms with E-state index in [0.29, 0.717) is 11.0 Å². The van der Waals surface area contributed by atoms with Gasteiger partial charge in [-0.15, -0.1) is 33.6 Å². The number of anilines is 1. The maximum Gasteiger partial charge on any atom is 0.509 e. The highest BCUT2D eigenvalue weighted by molar-refractivity contribution is 7.13. The lowest BCUT2D eigenvalue weighted by Crippen LogP contribution is -2.32. The van der Waals surface area contributed by atoms with Crippen molar-refractivity contribution >= 4 is 33.5 Å². The highest BCUT2D eigenvalue weighted by Crippen LogP contribution is 2.42. The fourth-order valence-electron chi connectivity index (χ4n) is 2.88. The molecular formula is C16H18F3N6OS-. The molecule has 0 spiro atoms. The minimum absolute atomic E-state index is 0.0324. The average Bonchev–Trinajstić information content (AvgIpc) is 3.10. The summed E-state index contributed by atoms with van der Waals surface area (Å²) in [5.74, 6) is 0.416. The predicted molar refractivity (Wildman–Crippen MR) is 96.1 cm³/mol. The number of hydrogen-bond acceptors (Lipinski definition) is 7. The number of azo groups is 1. The van der Waals surface area contributed by atoms with Gasteiger partial charge in [-0.05, 0) is 36.5 Å². The van der Waals surface area contributed by atoms with E-state index in [-0.39, 0.29) is 11.4 Å². The molecule has 0 radical (unpaired) electrons. The Kier molecular flexibility index (Phi) is 5.90. The molecule has 0 fully saturated rings. The van der Waals surface area contributed by atoms with Gasteiger partial charge in [-0.1, -0.05) is 30.9 Å². The van der Waals surface area contributed by atoms with Crippen molar-refractivity contribution in [3.8, 4) is 0 Å². The third kappa shape index (κ3) is 5.36. The number of nitrogens with zero attached hydrogens (tertiary/aromatic N) is 6. The molecule has 0 bridgehead atoms. The highest BCUT2D eigenvalue weighted by Gasteiger charge is 2.25. The van der Waals surface area contributed by atoms with Crippen LogP contribution in [0.3, 0.4) is 0 Å². The molecule has 1 aromatic heterocycles. The third-order valence-corrected chi connectivity index (χ3v) is 4.39. The Labute approximate surface area is 158 Å². The van der Waals surface area contributed by atoms with Crippen LogP contribution in [0.2, 0.25) is 0 Å². The Morgan fingerprint density at radius 1 is 1.33 bits per heavy atom. The minimum Gasteiger partial charge on any atom is -0.553 e. The number of aryl methyl sites for hydroxylation is 1. The van der Waals surface area contributed by atoms with Crippen molar-refractivity contribution in [2.24, 2.45) is 16.1 Å². The lowest BCUT2D eigenvalue weighted by atomic mass is 9.99. The smallest absolute Gasteiger partial charge is 0.509 e. The molecule has 0 amide bonds. The molecule has 0 atom stereocenters. The van der Waals surface area contributed by atoms with Crippen LogP contribution in [0.15, 0.2) is 27.9 Å². The molecule has 1 aliphatic rings. The number of rotatable bonds is 6. The first kappa shape index (κ1) is 19.5. The number of fused-ring (bicyclic) bond motifs is 1. The predicted octanol–water partition coefficient (Wildman–Crippen LogP) is 5.82. The SMILES string of the molecule is CC(C)CN1CCCc2cc(N=Nc3nncs3)c([N-]OC(F)(F)F)cc21. The molecule has 1 aliphatic heterocycles. The second-order valence-electron chi connectivity index (χ2n) is 6.46. The Hall–Kier alpha value is -2.27. The molecule has 0 unspecified atom stereocenters. The van der Waals surface area contributed by atoms with Crippen LogP contribution in [0, 0.1) is 5.92 Å². The monoisotopic (exact) mass is 399 g/mol. The van der Waals surface area contributed by atoms with Gasteiger partial charge in [-0.3, -0.25) is 0 Å². The van der Waals surface area contributed by atoms with E-state index in [9.17, 15) is 13.2 Å². The van der Waals surface area contributed by atoms with Gasteiger partial charge in [0.2, 0.25) is 0 Å². The van der Waals surface area contributed by atoms with Crippen molar-refractivity contribution in [2.75, 3.05) is 18.0 Å². The Bertz CT molecular complexity index is 794. The summed E-state index contributed by atoms with van der Waals surface area (Å²) in [6, 6.07) is 3.29. The molecule has 1 aromatic carbocycles. The van der Waals surface area contributed by atoms with E-state index in [1.54, 1.807) is 12.1 Å². The fourth-order valence-corrected chi connectivity index (χ4v) is 3.25. The van der Waals surface area contributed by atoms with Gasteiger partial charge >= 0.3 is 6.36 Å². The summed E-state index contributed by atoms with van der Waals surface area (Å²) in [6.45, 7) is 5.84. The maximum absolute atomic E-state index is 12.5. The van der Waals surface area contributed by atoms with Crippen LogP contribution in [-0.4, -0.2) is 29.6 Å². The van der Waals surface area contributed by atoms with E-state index in [1.165, 1.54) is 16.8 Å². The molecular weight excluding hydrogens is 381 g/mol. The molecule has 27 heavy (non-hydrogen) atoms. The second kappa shape index (κ2) is 8.17. The summed E-state index contributed by atoms with van der Waals surface area (Å²) in [5.41, 5.74) is 6.77. The fraction of sp³-hybridized carbons (Fsp3) is 0.500. The average molecular weight is 399 g/mol. The van der Waals surface area contributed by atoms with Crippen LogP contribution in [0.25, 0.3) is 5.48 Å². The molecule has 146 valence electrons. The summed E-state index contributed by atoms with van der Waals surface area (Å²) in [7, 11) is 0. The van der Waals surface area contributed by atoms with Crippen LogP contribution < -0.4 is 4.90 Å².